The molecule has 0 fully saturated rings. The van der Waals surface area contributed by atoms with Crippen molar-refractivity contribution in [1.29, 1.82) is 0 Å². The van der Waals surface area contributed by atoms with Crippen LogP contribution in [0.15, 0.2) is 70.3 Å². The van der Waals surface area contributed by atoms with Gasteiger partial charge in [0.1, 0.15) is 22.3 Å². The number of amides is 2. The Balaban J connectivity index is 1.80. The van der Waals surface area contributed by atoms with E-state index in [9.17, 15) is 27.6 Å². The van der Waals surface area contributed by atoms with Crippen LogP contribution in [0.5, 0.6) is 0 Å². The molecule has 0 atom stereocenters. The molecule has 0 bridgehead atoms. The third kappa shape index (κ3) is 7.02. The largest absolute Gasteiger partial charge is 0.383 e. The van der Waals surface area contributed by atoms with Gasteiger partial charge in [0.2, 0.25) is 0 Å². The maximum Gasteiger partial charge on any atom is 0.337 e. The molecule has 13 heteroatoms. The van der Waals surface area contributed by atoms with Crippen LogP contribution >= 0.6 is 11.3 Å². The Labute approximate surface area is 272 Å². The highest BCUT2D eigenvalue weighted by molar-refractivity contribution is 7.22. The zero-order valence-corrected chi connectivity index (χ0v) is 27.1. The van der Waals surface area contributed by atoms with E-state index < -0.39 is 35.2 Å². The van der Waals surface area contributed by atoms with Gasteiger partial charge in [0, 0.05) is 42.9 Å². The summed E-state index contributed by atoms with van der Waals surface area (Å²) in [6, 6.07) is 14.0. The van der Waals surface area contributed by atoms with Crippen LogP contribution < -0.4 is 21.9 Å². The minimum atomic E-state index is -0.873. The molecule has 0 saturated carbocycles. The number of rotatable bonds is 11. The Morgan fingerprint density at radius 1 is 0.979 bits per heavy atom. The second-order valence-corrected chi connectivity index (χ2v) is 12.0. The predicted octanol–water partition coefficient (Wildman–Crippen LogP) is 5.87. The number of hydrogen-bond acceptors (Lipinski definition) is 6. The van der Waals surface area contributed by atoms with Crippen LogP contribution in [-0.4, -0.2) is 53.9 Å². The first-order valence-electron chi connectivity index (χ1n) is 14.9. The molecular weight excluding hydrogens is 631 g/mol. The topological polar surface area (TPSA) is 97.6 Å². The number of halogens is 3. The zero-order chi connectivity index (χ0) is 33.8. The van der Waals surface area contributed by atoms with Crippen molar-refractivity contribution >= 4 is 33.3 Å². The van der Waals surface area contributed by atoms with Crippen LogP contribution in [0.3, 0.4) is 0 Å². The van der Waals surface area contributed by atoms with Crippen LogP contribution in [0.2, 0.25) is 0 Å². The molecule has 5 rings (SSSR count). The van der Waals surface area contributed by atoms with Crippen molar-refractivity contribution in [3.8, 4) is 16.1 Å². The van der Waals surface area contributed by atoms with Gasteiger partial charge in [-0.2, -0.15) is 0 Å². The van der Waals surface area contributed by atoms with Crippen LogP contribution in [0.25, 0.3) is 26.3 Å². The quantitative estimate of drug-likeness (QED) is 0.184. The fourth-order valence-electron chi connectivity index (χ4n) is 5.22. The number of methoxy groups -OCH3 is 1. The van der Waals surface area contributed by atoms with Gasteiger partial charge in [-0.1, -0.05) is 24.3 Å². The van der Waals surface area contributed by atoms with E-state index in [1.165, 1.54) is 18.2 Å². The maximum absolute atomic E-state index is 15.0. The second-order valence-electron chi connectivity index (χ2n) is 11.0. The molecule has 5 aromatic rings. The molecule has 0 radical (unpaired) electrons. The number of anilines is 1. The number of fused-ring (bicyclic) bond motifs is 1. The Hall–Kier alpha value is -4.72. The molecule has 2 heterocycles. The Bertz CT molecular complexity index is 2040. The fraction of sp³-hybridized carbons (Fsp3) is 0.265. The summed E-state index contributed by atoms with van der Waals surface area (Å²) in [6.07, 6.45) is 0. The standard InChI is InChI=1S/C34H34F3N5O4S/c1-5-38-33(44)39-22-12-10-21(11-13-22)30-25(18-40(3)15-16-46-4)29-31(43)42(23-14-9-20(2)28(37)17-23)34(45)41(32(29)47-30)19-24-26(35)7-6-8-27(24)36/h6-14,17H,5,15-16,18-19H2,1-4H3,(H2,38,39,44). The van der Waals surface area contributed by atoms with Crippen LogP contribution in [0, 0.1) is 24.4 Å². The first-order valence-corrected chi connectivity index (χ1v) is 15.7. The molecule has 47 heavy (non-hydrogen) atoms. The number of carbonyl (C=O) groups excluding carboxylic acids is 1. The lowest BCUT2D eigenvalue weighted by atomic mass is 10.1. The number of nitrogens with one attached hydrogen (secondary N) is 2. The van der Waals surface area contributed by atoms with Gasteiger partial charge in [-0.3, -0.25) is 14.3 Å². The summed E-state index contributed by atoms with van der Waals surface area (Å²) in [5.41, 5.74) is 0.182. The van der Waals surface area contributed by atoms with Crippen molar-refractivity contribution in [2.45, 2.75) is 26.9 Å². The summed E-state index contributed by atoms with van der Waals surface area (Å²) < 4.78 is 51.9. The summed E-state index contributed by atoms with van der Waals surface area (Å²) >= 11 is 1.14. The molecule has 2 amide bonds. The number of nitrogens with zero attached hydrogens (tertiary/aromatic N) is 3. The van der Waals surface area contributed by atoms with Gasteiger partial charge in [-0.05, 0) is 74.0 Å². The van der Waals surface area contributed by atoms with Gasteiger partial charge in [0.15, 0.2) is 0 Å². The summed E-state index contributed by atoms with van der Waals surface area (Å²) in [5.74, 6) is -2.32. The highest BCUT2D eigenvalue weighted by Crippen LogP contribution is 2.38. The summed E-state index contributed by atoms with van der Waals surface area (Å²) in [4.78, 5) is 43.4. The first-order chi connectivity index (χ1) is 22.5. The van der Waals surface area contributed by atoms with Crippen molar-refractivity contribution in [3.05, 3.63) is 116 Å². The molecule has 246 valence electrons. The van der Waals surface area contributed by atoms with Crippen LogP contribution in [0.1, 0.15) is 23.6 Å². The van der Waals surface area contributed by atoms with Crippen molar-refractivity contribution in [1.82, 2.24) is 19.4 Å². The number of carbonyl (C=O) groups is 1. The minimum Gasteiger partial charge on any atom is -0.383 e. The first kappa shape index (κ1) is 33.6. The minimum absolute atomic E-state index is 0.0139. The number of thiophene rings is 1. The number of ether oxygens (including phenoxy) is 1. The number of hydrogen-bond donors (Lipinski definition) is 2. The second kappa shape index (κ2) is 14.4. The molecule has 0 saturated heterocycles. The van der Waals surface area contributed by atoms with E-state index >= 15 is 0 Å². The Morgan fingerprint density at radius 3 is 2.32 bits per heavy atom. The van der Waals surface area contributed by atoms with Gasteiger partial charge >= 0.3 is 11.7 Å². The molecule has 0 spiro atoms. The van der Waals surface area contributed by atoms with Gasteiger partial charge in [0.05, 0.1) is 24.2 Å². The average molecular weight is 666 g/mol. The molecule has 0 unspecified atom stereocenters. The number of likely N-dealkylation sites (N-methyl/N-ethyl adjacent to an activating group) is 1. The molecule has 2 aromatic heterocycles. The lowest BCUT2D eigenvalue weighted by Crippen LogP contribution is -2.39. The average Bonchev–Trinajstić information content (AvgIpc) is 3.40. The molecular formula is C34H34F3N5O4S. The Morgan fingerprint density at radius 2 is 1.68 bits per heavy atom. The lowest BCUT2D eigenvalue weighted by molar-refractivity contribution is 0.159. The summed E-state index contributed by atoms with van der Waals surface area (Å²) in [5, 5.41) is 5.58. The summed E-state index contributed by atoms with van der Waals surface area (Å²) in [6.45, 7) is 4.48. The smallest absolute Gasteiger partial charge is 0.337 e. The van der Waals surface area contributed by atoms with Crippen LogP contribution in [0.4, 0.5) is 23.7 Å². The monoisotopic (exact) mass is 665 g/mol. The van der Waals surface area contributed by atoms with E-state index in [0.717, 1.165) is 38.7 Å². The number of urea groups is 1. The van der Waals surface area contributed by atoms with E-state index in [1.54, 1.807) is 45.2 Å². The lowest BCUT2D eigenvalue weighted by Gasteiger charge is -2.18. The third-order valence-corrected chi connectivity index (χ3v) is 9.02. The number of aryl methyl sites for hydroxylation is 1. The number of aromatic nitrogens is 2. The predicted molar refractivity (Wildman–Crippen MR) is 178 cm³/mol. The van der Waals surface area contributed by atoms with E-state index in [2.05, 4.69) is 10.6 Å². The Kier molecular flexibility index (Phi) is 10.3. The number of benzene rings is 3. The SMILES string of the molecule is CCNC(=O)Nc1ccc(-c2sc3c(c2CN(C)CCOC)c(=O)n(-c2ccc(C)c(F)c2)c(=O)n3Cc2c(F)cccc2F)cc1. The molecule has 2 N–H and O–H groups in total. The van der Waals surface area contributed by atoms with Crippen LogP contribution in [-0.2, 0) is 17.8 Å². The van der Waals surface area contributed by atoms with Crippen molar-refractivity contribution < 1.29 is 22.7 Å². The highest BCUT2D eigenvalue weighted by Gasteiger charge is 2.26. The zero-order valence-electron chi connectivity index (χ0n) is 26.3. The maximum atomic E-state index is 15.0. The van der Waals surface area contributed by atoms with Crippen molar-refractivity contribution in [2.75, 3.05) is 39.2 Å². The molecule has 0 aliphatic heterocycles. The molecule has 0 aliphatic rings. The summed E-state index contributed by atoms with van der Waals surface area (Å²) in [7, 11) is 3.43. The van der Waals surface area contributed by atoms with Gasteiger partial charge in [0.25, 0.3) is 5.56 Å². The normalized spacial score (nSPS) is 11.4. The highest BCUT2D eigenvalue weighted by atomic mass is 32.1. The third-order valence-electron chi connectivity index (χ3n) is 7.71. The van der Waals surface area contributed by atoms with Crippen molar-refractivity contribution in [3.63, 3.8) is 0 Å². The van der Waals surface area contributed by atoms with Gasteiger partial charge in [-0.15, -0.1) is 11.3 Å². The molecule has 9 nitrogen and oxygen atoms in total. The van der Waals surface area contributed by atoms with E-state index in [0.29, 0.717) is 47.0 Å². The van der Waals surface area contributed by atoms with E-state index in [4.69, 9.17) is 4.74 Å². The van der Waals surface area contributed by atoms with E-state index in [1.807, 2.05) is 11.9 Å². The van der Waals surface area contributed by atoms with Gasteiger partial charge in [-0.25, -0.2) is 27.3 Å². The molecule has 3 aromatic carbocycles. The van der Waals surface area contributed by atoms with Gasteiger partial charge < -0.3 is 15.4 Å². The molecule has 0 aliphatic carbocycles. The van der Waals surface area contributed by atoms with E-state index in [-0.39, 0.29) is 34.0 Å². The van der Waals surface area contributed by atoms with Crippen molar-refractivity contribution in [2.24, 2.45) is 0 Å². The fourth-order valence-corrected chi connectivity index (χ4v) is 6.52.